The zero-order valence-corrected chi connectivity index (χ0v) is 11.9. The van der Waals surface area contributed by atoms with Crippen LogP contribution in [0.5, 0.6) is 5.75 Å². The topological polar surface area (TPSA) is 55.4 Å². The van der Waals surface area contributed by atoms with Gasteiger partial charge in [0.05, 0.1) is 12.7 Å². The van der Waals surface area contributed by atoms with Crippen molar-refractivity contribution in [3.05, 3.63) is 29.3 Å². The van der Waals surface area contributed by atoms with Gasteiger partial charge in [-0.15, -0.1) is 0 Å². The van der Waals surface area contributed by atoms with Crippen molar-refractivity contribution in [1.29, 1.82) is 0 Å². The van der Waals surface area contributed by atoms with E-state index in [0.717, 1.165) is 12.0 Å². The Bertz CT molecular complexity index is 466. The summed E-state index contributed by atoms with van der Waals surface area (Å²) >= 11 is 0. The summed E-state index contributed by atoms with van der Waals surface area (Å²) in [7, 11) is 1.49. The first-order valence-electron chi connectivity index (χ1n) is 6.51. The van der Waals surface area contributed by atoms with E-state index in [4.69, 9.17) is 4.74 Å². The number of Topliss-reactive ketones (excluding diaryl/α,β-unsaturated/α-hetero) is 1. The van der Waals surface area contributed by atoms with Crippen LogP contribution in [-0.2, 0) is 4.79 Å². The minimum absolute atomic E-state index is 0.288. The van der Waals surface area contributed by atoms with Crippen LogP contribution >= 0.6 is 0 Å². The van der Waals surface area contributed by atoms with Crippen LogP contribution in [0.2, 0.25) is 0 Å². The lowest BCUT2D eigenvalue weighted by atomic mass is 9.98. The first-order valence-corrected chi connectivity index (χ1v) is 6.51. The highest BCUT2D eigenvalue weighted by Crippen LogP contribution is 2.24. The number of ketones is 1. The first kappa shape index (κ1) is 15.2. The monoisotopic (exact) mass is 263 g/mol. The summed E-state index contributed by atoms with van der Waals surface area (Å²) in [6, 6.07) is 5.37. The van der Waals surface area contributed by atoms with Gasteiger partial charge in [-0.05, 0) is 30.0 Å². The summed E-state index contributed by atoms with van der Waals surface area (Å²) in [5, 5.41) is 2.59. The van der Waals surface area contributed by atoms with E-state index in [-0.39, 0.29) is 5.92 Å². The lowest BCUT2D eigenvalue weighted by Crippen LogP contribution is -2.31. The average Bonchev–Trinajstić information content (AvgIpc) is 2.42. The Hall–Kier alpha value is -1.84. The Morgan fingerprint density at radius 1 is 1.32 bits per heavy atom. The third-order valence-electron chi connectivity index (χ3n) is 2.88. The van der Waals surface area contributed by atoms with E-state index in [1.165, 1.54) is 7.11 Å². The molecule has 0 aliphatic carbocycles. The van der Waals surface area contributed by atoms with Crippen LogP contribution in [0.15, 0.2) is 18.2 Å². The van der Waals surface area contributed by atoms with Crippen LogP contribution in [0.4, 0.5) is 0 Å². The van der Waals surface area contributed by atoms with Gasteiger partial charge in [-0.1, -0.05) is 26.8 Å². The van der Waals surface area contributed by atoms with E-state index >= 15 is 0 Å². The molecule has 19 heavy (non-hydrogen) atoms. The van der Waals surface area contributed by atoms with Gasteiger partial charge in [0.1, 0.15) is 5.75 Å². The maximum absolute atomic E-state index is 12.1. The molecule has 4 nitrogen and oxygen atoms in total. The quantitative estimate of drug-likeness (QED) is 0.634. The summed E-state index contributed by atoms with van der Waals surface area (Å²) in [6.45, 7) is 6.50. The van der Waals surface area contributed by atoms with E-state index in [1.807, 2.05) is 26.8 Å². The second-order valence-electron chi connectivity index (χ2n) is 4.70. The van der Waals surface area contributed by atoms with E-state index in [9.17, 15) is 9.59 Å². The molecule has 0 radical (unpaired) electrons. The molecule has 0 bridgehead atoms. The minimum Gasteiger partial charge on any atom is -0.496 e. The van der Waals surface area contributed by atoms with Crippen LogP contribution in [0, 0.1) is 0 Å². The Morgan fingerprint density at radius 3 is 2.53 bits per heavy atom. The van der Waals surface area contributed by atoms with Gasteiger partial charge in [0.25, 0.3) is 11.7 Å². The lowest BCUT2D eigenvalue weighted by molar-refractivity contribution is -0.117. The van der Waals surface area contributed by atoms with Crippen molar-refractivity contribution in [2.75, 3.05) is 13.7 Å². The van der Waals surface area contributed by atoms with E-state index in [0.29, 0.717) is 17.9 Å². The number of methoxy groups -OCH3 is 1. The van der Waals surface area contributed by atoms with Crippen LogP contribution < -0.4 is 10.1 Å². The highest BCUT2D eigenvalue weighted by Gasteiger charge is 2.20. The van der Waals surface area contributed by atoms with Gasteiger partial charge < -0.3 is 10.1 Å². The van der Waals surface area contributed by atoms with Gasteiger partial charge in [0.2, 0.25) is 0 Å². The molecule has 1 rings (SSSR count). The third-order valence-corrected chi connectivity index (χ3v) is 2.88. The number of carbonyl (C=O) groups is 2. The molecule has 1 aromatic rings. The standard InChI is InChI=1S/C15H21NO3/c1-5-8-16-15(18)14(17)12-9-11(10(2)3)6-7-13(12)19-4/h6-7,9-10H,5,8H2,1-4H3,(H,16,18). The predicted molar refractivity (Wildman–Crippen MR) is 74.7 cm³/mol. The van der Waals surface area contributed by atoms with Gasteiger partial charge in [-0.25, -0.2) is 0 Å². The maximum Gasteiger partial charge on any atom is 0.292 e. The number of hydrogen-bond acceptors (Lipinski definition) is 3. The van der Waals surface area contributed by atoms with Crippen molar-refractivity contribution in [2.24, 2.45) is 0 Å². The average molecular weight is 263 g/mol. The lowest BCUT2D eigenvalue weighted by Gasteiger charge is -2.12. The third kappa shape index (κ3) is 3.81. The largest absolute Gasteiger partial charge is 0.496 e. The molecule has 1 aromatic carbocycles. The smallest absolute Gasteiger partial charge is 0.292 e. The van der Waals surface area contributed by atoms with Crippen LogP contribution in [0.1, 0.15) is 49.0 Å². The first-order chi connectivity index (χ1) is 9.01. The molecule has 0 fully saturated rings. The molecule has 0 aromatic heterocycles. The Balaban J connectivity index is 3.05. The predicted octanol–water partition coefficient (Wildman–Crippen LogP) is 2.53. The van der Waals surface area contributed by atoms with Crippen LogP contribution in [0.3, 0.4) is 0 Å². The van der Waals surface area contributed by atoms with E-state index < -0.39 is 11.7 Å². The highest BCUT2D eigenvalue weighted by molar-refractivity contribution is 6.43. The van der Waals surface area contributed by atoms with Crippen molar-refractivity contribution in [1.82, 2.24) is 5.32 Å². The van der Waals surface area contributed by atoms with Crippen LogP contribution in [0.25, 0.3) is 0 Å². The normalized spacial score (nSPS) is 10.4. The molecule has 0 aliphatic rings. The van der Waals surface area contributed by atoms with Crippen molar-refractivity contribution in [3.63, 3.8) is 0 Å². The zero-order chi connectivity index (χ0) is 14.4. The van der Waals surface area contributed by atoms with Crippen molar-refractivity contribution >= 4 is 11.7 Å². The van der Waals surface area contributed by atoms with E-state index in [1.54, 1.807) is 12.1 Å². The summed E-state index contributed by atoms with van der Waals surface area (Å²) in [6.07, 6.45) is 0.794. The summed E-state index contributed by atoms with van der Waals surface area (Å²) < 4.78 is 5.16. The second-order valence-corrected chi connectivity index (χ2v) is 4.70. The van der Waals surface area contributed by atoms with Gasteiger partial charge in [-0.2, -0.15) is 0 Å². The number of benzene rings is 1. The molecular weight excluding hydrogens is 242 g/mol. The number of rotatable bonds is 6. The number of carbonyl (C=O) groups excluding carboxylic acids is 2. The molecule has 0 atom stereocenters. The summed E-state index contributed by atoms with van der Waals surface area (Å²) in [4.78, 5) is 23.8. The number of ether oxygens (including phenoxy) is 1. The van der Waals surface area contributed by atoms with Gasteiger partial charge in [-0.3, -0.25) is 9.59 Å². The minimum atomic E-state index is -0.582. The molecule has 0 saturated carbocycles. The fourth-order valence-electron chi connectivity index (χ4n) is 1.70. The molecular formula is C15H21NO3. The molecule has 1 N–H and O–H groups in total. The van der Waals surface area contributed by atoms with Crippen LogP contribution in [-0.4, -0.2) is 25.3 Å². The Kier molecular flexibility index (Phi) is 5.55. The van der Waals surface area contributed by atoms with Gasteiger partial charge >= 0.3 is 0 Å². The highest BCUT2D eigenvalue weighted by atomic mass is 16.5. The van der Waals surface area contributed by atoms with Gasteiger partial charge in [0, 0.05) is 6.54 Å². The summed E-state index contributed by atoms with van der Waals surface area (Å²) in [5.41, 5.74) is 1.33. The number of hydrogen-bond donors (Lipinski definition) is 1. The SMILES string of the molecule is CCCNC(=O)C(=O)c1cc(C(C)C)ccc1OC. The molecule has 0 aliphatic heterocycles. The molecule has 1 amide bonds. The zero-order valence-electron chi connectivity index (χ0n) is 11.9. The maximum atomic E-state index is 12.1. The molecule has 0 heterocycles. The molecule has 0 spiro atoms. The molecule has 0 saturated heterocycles. The number of amides is 1. The van der Waals surface area contributed by atoms with Crippen molar-refractivity contribution in [2.45, 2.75) is 33.1 Å². The Morgan fingerprint density at radius 2 is 2.00 bits per heavy atom. The number of nitrogens with one attached hydrogen (secondary N) is 1. The Labute approximate surface area is 114 Å². The van der Waals surface area contributed by atoms with E-state index in [2.05, 4.69) is 5.32 Å². The van der Waals surface area contributed by atoms with Gasteiger partial charge in [0.15, 0.2) is 0 Å². The molecule has 0 unspecified atom stereocenters. The molecule has 104 valence electrons. The second kappa shape index (κ2) is 6.92. The van der Waals surface area contributed by atoms with Crippen molar-refractivity contribution in [3.8, 4) is 5.75 Å². The summed E-state index contributed by atoms with van der Waals surface area (Å²) in [5.74, 6) is -0.411. The van der Waals surface area contributed by atoms with Crippen molar-refractivity contribution < 1.29 is 14.3 Å². The molecule has 4 heteroatoms. The fourth-order valence-corrected chi connectivity index (χ4v) is 1.70. The fraction of sp³-hybridized carbons (Fsp3) is 0.467.